The molecule has 0 radical (unpaired) electrons. The Morgan fingerprint density at radius 3 is 2.59 bits per heavy atom. The highest BCUT2D eigenvalue weighted by molar-refractivity contribution is 9.10. The Morgan fingerprint density at radius 2 is 1.93 bits per heavy atom. The molecule has 1 atom stereocenters. The van der Waals surface area contributed by atoms with Crippen LogP contribution in [-0.4, -0.2) is 20.7 Å². The van der Waals surface area contributed by atoms with Crippen LogP contribution in [0.1, 0.15) is 18.5 Å². The molecule has 0 saturated carbocycles. The average Bonchev–Trinajstić information content (AvgIpc) is 3.04. The Morgan fingerprint density at radius 1 is 1.22 bits per heavy atom. The van der Waals surface area contributed by atoms with Crippen LogP contribution >= 0.6 is 27.5 Å². The van der Waals surface area contributed by atoms with Gasteiger partial charge in [-0.1, -0.05) is 51.8 Å². The molecular formula is C19H15BrClN5O. The standard InChI is InChI=1S/C19H15BrClN5O/c1-10-15(17(22)27)16(11-6-8-12(20)9-7-11)26-19(23-10)24-18(25-26)13-4-2-3-5-14(13)21/h2-9,16H,1H3,(H2,22,27)(H,23,24,25)/t16-/m1/s1. The van der Waals surface area contributed by atoms with E-state index in [4.69, 9.17) is 17.3 Å². The van der Waals surface area contributed by atoms with Crippen molar-refractivity contribution in [3.63, 3.8) is 0 Å². The molecular weight excluding hydrogens is 430 g/mol. The molecule has 3 aromatic rings. The lowest BCUT2D eigenvalue weighted by Crippen LogP contribution is -2.31. The van der Waals surface area contributed by atoms with Gasteiger partial charge in [0, 0.05) is 15.7 Å². The van der Waals surface area contributed by atoms with E-state index >= 15 is 0 Å². The van der Waals surface area contributed by atoms with Crippen LogP contribution in [-0.2, 0) is 4.79 Å². The molecule has 0 saturated heterocycles. The number of aromatic nitrogens is 3. The van der Waals surface area contributed by atoms with Crippen molar-refractivity contribution >= 4 is 39.4 Å². The number of carbonyl (C=O) groups excluding carboxylic acids is 1. The van der Waals surface area contributed by atoms with Crippen molar-refractivity contribution in [1.29, 1.82) is 0 Å². The van der Waals surface area contributed by atoms with Crippen LogP contribution in [0, 0.1) is 0 Å². The summed E-state index contributed by atoms with van der Waals surface area (Å²) in [6.07, 6.45) is 0. The van der Waals surface area contributed by atoms with Crippen molar-refractivity contribution in [2.45, 2.75) is 13.0 Å². The molecule has 1 aliphatic heterocycles. The van der Waals surface area contributed by atoms with Crippen LogP contribution in [0.5, 0.6) is 0 Å². The first-order valence-corrected chi connectivity index (χ1v) is 9.37. The Kier molecular flexibility index (Phi) is 4.49. The summed E-state index contributed by atoms with van der Waals surface area (Å²) in [4.78, 5) is 16.8. The van der Waals surface area contributed by atoms with Crippen LogP contribution < -0.4 is 11.1 Å². The number of anilines is 1. The van der Waals surface area contributed by atoms with Crippen molar-refractivity contribution in [2.24, 2.45) is 5.73 Å². The van der Waals surface area contributed by atoms with Crippen molar-refractivity contribution in [1.82, 2.24) is 14.8 Å². The Hall–Kier alpha value is -2.64. The van der Waals surface area contributed by atoms with Crippen LogP contribution in [0.2, 0.25) is 5.02 Å². The number of carbonyl (C=O) groups is 1. The first kappa shape index (κ1) is 17.8. The maximum atomic E-state index is 12.2. The van der Waals surface area contributed by atoms with Crippen molar-refractivity contribution in [3.05, 3.63) is 74.9 Å². The summed E-state index contributed by atoms with van der Waals surface area (Å²) >= 11 is 9.74. The lowest BCUT2D eigenvalue weighted by Gasteiger charge is -2.27. The quantitative estimate of drug-likeness (QED) is 0.636. The first-order chi connectivity index (χ1) is 13.0. The normalized spacial score (nSPS) is 16.0. The second-order valence-electron chi connectivity index (χ2n) is 6.17. The SMILES string of the molecule is CC1=C(C(N)=O)[C@@H](c2ccc(Br)cc2)n2nc(-c3ccccc3Cl)nc2N1. The van der Waals surface area contributed by atoms with Gasteiger partial charge in [0.15, 0.2) is 5.82 Å². The molecule has 2 heterocycles. The molecule has 0 fully saturated rings. The number of hydrogen-bond acceptors (Lipinski definition) is 4. The lowest BCUT2D eigenvalue weighted by atomic mass is 9.95. The fourth-order valence-corrected chi connectivity index (χ4v) is 3.66. The molecule has 2 aromatic carbocycles. The maximum Gasteiger partial charge on any atom is 0.248 e. The highest BCUT2D eigenvalue weighted by atomic mass is 79.9. The number of fused-ring (bicyclic) bond motifs is 1. The highest BCUT2D eigenvalue weighted by Gasteiger charge is 2.33. The summed E-state index contributed by atoms with van der Waals surface area (Å²) in [6.45, 7) is 1.80. The lowest BCUT2D eigenvalue weighted by molar-refractivity contribution is -0.115. The molecule has 1 amide bonds. The number of rotatable bonds is 3. The predicted octanol–water partition coefficient (Wildman–Crippen LogP) is 4.14. The number of halogens is 2. The van der Waals surface area contributed by atoms with Gasteiger partial charge >= 0.3 is 0 Å². The maximum absolute atomic E-state index is 12.2. The van der Waals surface area contributed by atoms with E-state index < -0.39 is 11.9 Å². The van der Waals surface area contributed by atoms with Crippen LogP contribution in [0.4, 0.5) is 5.95 Å². The fraction of sp³-hybridized carbons (Fsp3) is 0.105. The molecule has 0 spiro atoms. The van der Waals surface area contributed by atoms with Gasteiger partial charge < -0.3 is 11.1 Å². The Labute approximate surface area is 169 Å². The zero-order valence-corrected chi connectivity index (χ0v) is 16.6. The Balaban J connectivity index is 1.90. The monoisotopic (exact) mass is 443 g/mol. The minimum absolute atomic E-state index is 0.445. The summed E-state index contributed by atoms with van der Waals surface area (Å²) < 4.78 is 2.62. The summed E-state index contributed by atoms with van der Waals surface area (Å²) in [5.74, 6) is 0.498. The van der Waals surface area contributed by atoms with Gasteiger partial charge in [0.25, 0.3) is 0 Å². The number of hydrogen-bond donors (Lipinski definition) is 2. The predicted molar refractivity (Wildman–Crippen MR) is 108 cm³/mol. The molecule has 8 heteroatoms. The zero-order valence-electron chi connectivity index (χ0n) is 14.3. The third kappa shape index (κ3) is 3.13. The van der Waals surface area contributed by atoms with Crippen LogP contribution in [0.15, 0.2) is 64.3 Å². The number of nitrogens with zero attached hydrogens (tertiary/aromatic N) is 3. The van der Waals surface area contributed by atoms with Crippen molar-refractivity contribution in [3.8, 4) is 11.4 Å². The van der Waals surface area contributed by atoms with E-state index in [2.05, 4.69) is 31.3 Å². The third-order valence-electron chi connectivity index (χ3n) is 4.42. The van der Waals surface area contributed by atoms with E-state index in [1.54, 1.807) is 17.7 Å². The number of nitrogens with two attached hydrogens (primary N) is 1. The number of benzene rings is 2. The summed E-state index contributed by atoms with van der Waals surface area (Å²) in [6, 6.07) is 14.6. The van der Waals surface area contributed by atoms with Gasteiger partial charge in [-0.3, -0.25) is 4.79 Å². The van der Waals surface area contributed by atoms with E-state index in [0.29, 0.717) is 28.1 Å². The molecule has 1 aliphatic rings. The Bertz CT molecular complexity index is 1070. The van der Waals surface area contributed by atoms with Crippen molar-refractivity contribution in [2.75, 3.05) is 5.32 Å². The zero-order chi connectivity index (χ0) is 19.1. The van der Waals surface area contributed by atoms with Gasteiger partial charge in [-0.05, 0) is 36.8 Å². The minimum Gasteiger partial charge on any atom is -0.366 e. The van der Waals surface area contributed by atoms with Crippen LogP contribution in [0.25, 0.3) is 11.4 Å². The summed E-state index contributed by atoms with van der Waals surface area (Å²) in [5.41, 5.74) is 8.38. The summed E-state index contributed by atoms with van der Waals surface area (Å²) in [5, 5.41) is 8.32. The number of amides is 1. The van der Waals surface area contributed by atoms with Gasteiger partial charge in [-0.2, -0.15) is 4.98 Å². The number of primary amides is 1. The molecule has 0 aliphatic carbocycles. The van der Waals surface area contributed by atoms with E-state index in [1.807, 2.05) is 42.5 Å². The average molecular weight is 445 g/mol. The van der Waals surface area contributed by atoms with E-state index in [1.165, 1.54) is 0 Å². The van der Waals surface area contributed by atoms with E-state index in [9.17, 15) is 4.79 Å². The first-order valence-electron chi connectivity index (χ1n) is 8.20. The second kappa shape index (κ2) is 6.83. The molecule has 136 valence electrons. The van der Waals surface area contributed by atoms with E-state index in [0.717, 1.165) is 15.6 Å². The van der Waals surface area contributed by atoms with Gasteiger partial charge in [0.1, 0.15) is 6.04 Å². The van der Waals surface area contributed by atoms with Gasteiger partial charge in [-0.25, -0.2) is 4.68 Å². The smallest absolute Gasteiger partial charge is 0.248 e. The third-order valence-corrected chi connectivity index (χ3v) is 5.28. The molecule has 3 N–H and O–H groups in total. The molecule has 6 nitrogen and oxygen atoms in total. The number of allylic oxidation sites excluding steroid dienone is 1. The van der Waals surface area contributed by atoms with Crippen molar-refractivity contribution < 1.29 is 4.79 Å². The van der Waals surface area contributed by atoms with Crippen LogP contribution in [0.3, 0.4) is 0 Å². The van der Waals surface area contributed by atoms with E-state index in [-0.39, 0.29) is 0 Å². The number of nitrogens with one attached hydrogen (secondary N) is 1. The minimum atomic E-state index is -0.506. The molecule has 0 unspecified atom stereocenters. The fourth-order valence-electron chi connectivity index (χ4n) is 3.18. The largest absolute Gasteiger partial charge is 0.366 e. The molecule has 0 bridgehead atoms. The van der Waals surface area contributed by atoms with Gasteiger partial charge in [0.2, 0.25) is 11.9 Å². The van der Waals surface area contributed by atoms with Gasteiger partial charge in [-0.15, -0.1) is 5.10 Å². The summed E-state index contributed by atoms with van der Waals surface area (Å²) in [7, 11) is 0. The molecule has 4 rings (SSSR count). The molecule has 27 heavy (non-hydrogen) atoms. The topological polar surface area (TPSA) is 85.8 Å². The van der Waals surface area contributed by atoms with Gasteiger partial charge in [0.05, 0.1) is 10.6 Å². The second-order valence-corrected chi connectivity index (χ2v) is 7.49. The highest BCUT2D eigenvalue weighted by Crippen LogP contribution is 2.37. The molecule has 1 aromatic heterocycles.